The van der Waals surface area contributed by atoms with E-state index in [4.69, 9.17) is 17.3 Å². The molecule has 0 saturated carbocycles. The number of hydrogen-bond acceptors (Lipinski definition) is 7. The molecule has 0 spiro atoms. The summed E-state index contributed by atoms with van der Waals surface area (Å²) >= 11 is 7.54. The molecule has 0 fully saturated rings. The Morgan fingerprint density at radius 3 is 2.67 bits per heavy atom. The van der Waals surface area contributed by atoms with E-state index in [1.807, 2.05) is 19.9 Å². The van der Waals surface area contributed by atoms with Crippen LogP contribution in [0.1, 0.15) is 39.7 Å². The number of aliphatic hydroxyl groups excluding tert-OH is 1. The van der Waals surface area contributed by atoms with Gasteiger partial charge in [-0.1, -0.05) is 11.6 Å². The molecule has 0 bridgehead atoms. The normalized spacial score (nSPS) is 12.5. The lowest BCUT2D eigenvalue weighted by Crippen LogP contribution is -2.24. The SMILES string of the molecule is Cc1ccnc(C)c1NC(=O)c1c(C)cc(Nc2s[nH]c(=O)c2C(N)=NC(C)CO)cc1Cl. The van der Waals surface area contributed by atoms with Gasteiger partial charge in [0.05, 0.1) is 34.6 Å². The number of carbonyl (C=O) groups excluding carboxylic acids is 1. The van der Waals surface area contributed by atoms with Crippen molar-refractivity contribution >= 4 is 51.3 Å². The zero-order chi connectivity index (χ0) is 24.3. The number of benzene rings is 1. The highest BCUT2D eigenvalue weighted by Crippen LogP contribution is 2.30. The molecule has 1 aromatic carbocycles. The molecule has 0 aliphatic carbocycles. The van der Waals surface area contributed by atoms with E-state index in [2.05, 4.69) is 25.0 Å². The summed E-state index contributed by atoms with van der Waals surface area (Å²) in [7, 11) is 0. The summed E-state index contributed by atoms with van der Waals surface area (Å²) in [5.41, 5.74) is 9.58. The third kappa shape index (κ3) is 5.41. The van der Waals surface area contributed by atoms with Gasteiger partial charge >= 0.3 is 0 Å². The molecule has 0 aliphatic rings. The predicted molar refractivity (Wildman–Crippen MR) is 133 cm³/mol. The fourth-order valence-electron chi connectivity index (χ4n) is 3.26. The lowest BCUT2D eigenvalue weighted by atomic mass is 10.1. The van der Waals surface area contributed by atoms with Crippen LogP contribution in [-0.4, -0.2) is 38.9 Å². The number of aliphatic hydroxyl groups is 1. The topological polar surface area (TPSA) is 145 Å². The quantitative estimate of drug-likeness (QED) is 0.254. The van der Waals surface area contributed by atoms with Gasteiger partial charge in [-0.15, -0.1) is 0 Å². The van der Waals surface area contributed by atoms with Gasteiger partial charge in [0.1, 0.15) is 16.4 Å². The Morgan fingerprint density at radius 1 is 1.30 bits per heavy atom. The van der Waals surface area contributed by atoms with E-state index in [0.29, 0.717) is 33.2 Å². The summed E-state index contributed by atoms with van der Waals surface area (Å²) in [6.07, 6.45) is 1.69. The second kappa shape index (κ2) is 10.2. The van der Waals surface area contributed by atoms with E-state index in [1.54, 1.807) is 32.2 Å². The summed E-state index contributed by atoms with van der Waals surface area (Å²) in [5.74, 6) is -0.327. The van der Waals surface area contributed by atoms with E-state index >= 15 is 0 Å². The number of H-pyrrole nitrogens is 1. The molecule has 9 nitrogen and oxygen atoms in total. The zero-order valence-corrected chi connectivity index (χ0v) is 20.2. The minimum Gasteiger partial charge on any atom is -0.394 e. The van der Waals surface area contributed by atoms with Gasteiger partial charge in [0.15, 0.2) is 0 Å². The highest BCUT2D eigenvalue weighted by Gasteiger charge is 2.19. The standard InChI is InChI=1S/C22H25ClN6O3S/c1-10-5-6-25-13(4)18(10)28-20(31)16-11(2)7-14(8-15(16)23)27-22-17(21(32)29-33-22)19(24)26-12(3)9-30/h5-8,12,27,30H,9H2,1-4H3,(H2,24,26)(H,28,31)(H,29,32). The van der Waals surface area contributed by atoms with Gasteiger partial charge in [-0.25, -0.2) is 0 Å². The number of halogens is 1. The van der Waals surface area contributed by atoms with Crippen LogP contribution < -0.4 is 21.9 Å². The Hall–Kier alpha value is -3.21. The Morgan fingerprint density at radius 2 is 2.03 bits per heavy atom. The van der Waals surface area contributed by atoms with Gasteiger partial charge in [0, 0.05) is 11.9 Å². The van der Waals surface area contributed by atoms with Gasteiger partial charge in [-0.05, 0) is 68.6 Å². The molecular weight excluding hydrogens is 464 g/mol. The van der Waals surface area contributed by atoms with Crippen molar-refractivity contribution < 1.29 is 9.90 Å². The molecule has 0 saturated heterocycles. The first kappa shape index (κ1) is 24.4. The fourth-order valence-corrected chi connectivity index (χ4v) is 4.38. The molecular formula is C22H25ClN6O3S. The summed E-state index contributed by atoms with van der Waals surface area (Å²) in [4.78, 5) is 33.6. The Bertz CT molecular complexity index is 1240. The number of amidine groups is 1. The number of rotatable bonds is 7. The number of nitrogens with one attached hydrogen (secondary N) is 3. The van der Waals surface area contributed by atoms with Crippen molar-refractivity contribution in [3.8, 4) is 0 Å². The van der Waals surface area contributed by atoms with Crippen LogP contribution in [0, 0.1) is 20.8 Å². The predicted octanol–water partition coefficient (Wildman–Crippen LogP) is 3.49. The van der Waals surface area contributed by atoms with E-state index in [9.17, 15) is 14.7 Å². The van der Waals surface area contributed by atoms with E-state index in [-0.39, 0.29) is 28.9 Å². The molecule has 1 unspecified atom stereocenters. The molecule has 1 atom stereocenters. The van der Waals surface area contributed by atoms with Crippen LogP contribution in [0.2, 0.25) is 5.02 Å². The number of aromatic amines is 1. The summed E-state index contributed by atoms with van der Waals surface area (Å²) in [6, 6.07) is 4.73. The second-order valence-corrected chi connectivity index (χ2v) is 8.82. The van der Waals surface area contributed by atoms with Gasteiger partial charge in [0.2, 0.25) is 0 Å². The van der Waals surface area contributed by atoms with Crippen molar-refractivity contribution in [3.05, 3.63) is 67.7 Å². The van der Waals surface area contributed by atoms with Gasteiger partial charge in [-0.3, -0.25) is 23.9 Å². The first-order chi connectivity index (χ1) is 15.6. The van der Waals surface area contributed by atoms with E-state index in [1.165, 1.54) is 0 Å². The van der Waals surface area contributed by atoms with Crippen molar-refractivity contribution in [1.29, 1.82) is 0 Å². The number of nitrogens with two attached hydrogens (primary N) is 1. The molecule has 0 aliphatic heterocycles. The summed E-state index contributed by atoms with van der Waals surface area (Å²) < 4.78 is 2.62. The molecule has 33 heavy (non-hydrogen) atoms. The lowest BCUT2D eigenvalue weighted by Gasteiger charge is -2.15. The molecule has 2 heterocycles. The number of carbonyl (C=O) groups is 1. The van der Waals surface area contributed by atoms with Gasteiger partial charge in [-0.2, -0.15) is 0 Å². The van der Waals surface area contributed by atoms with Crippen LogP contribution in [0.5, 0.6) is 0 Å². The molecule has 174 valence electrons. The molecule has 1 amide bonds. The largest absolute Gasteiger partial charge is 0.394 e. The summed E-state index contributed by atoms with van der Waals surface area (Å²) in [5, 5.41) is 15.9. The molecule has 6 N–H and O–H groups in total. The third-order valence-corrected chi connectivity index (χ3v) is 6.04. The molecule has 0 radical (unpaired) electrons. The van der Waals surface area contributed by atoms with E-state index in [0.717, 1.165) is 17.1 Å². The fraction of sp³-hybridized carbons (Fsp3) is 0.273. The first-order valence-corrected chi connectivity index (χ1v) is 11.3. The number of nitrogens with zero attached hydrogens (tertiary/aromatic N) is 2. The Kier molecular flexibility index (Phi) is 7.52. The highest BCUT2D eigenvalue weighted by molar-refractivity contribution is 7.10. The maximum Gasteiger partial charge on any atom is 0.271 e. The van der Waals surface area contributed by atoms with Crippen LogP contribution in [0.15, 0.2) is 34.2 Å². The van der Waals surface area contributed by atoms with Crippen molar-refractivity contribution in [1.82, 2.24) is 9.36 Å². The average Bonchev–Trinajstić information content (AvgIpc) is 3.10. The molecule has 2 aromatic heterocycles. The molecule has 11 heteroatoms. The molecule has 3 rings (SSSR count). The number of aromatic nitrogens is 2. The number of hydrogen-bond donors (Lipinski definition) is 5. The van der Waals surface area contributed by atoms with Crippen molar-refractivity contribution in [3.63, 3.8) is 0 Å². The highest BCUT2D eigenvalue weighted by atomic mass is 35.5. The van der Waals surface area contributed by atoms with Crippen LogP contribution in [0.25, 0.3) is 0 Å². The van der Waals surface area contributed by atoms with Crippen LogP contribution in [-0.2, 0) is 0 Å². The van der Waals surface area contributed by atoms with Crippen molar-refractivity contribution in [2.24, 2.45) is 10.7 Å². The van der Waals surface area contributed by atoms with Crippen LogP contribution >= 0.6 is 23.1 Å². The third-order valence-electron chi connectivity index (χ3n) is 4.94. The Labute approximate surface area is 199 Å². The number of pyridine rings is 1. The monoisotopic (exact) mass is 488 g/mol. The van der Waals surface area contributed by atoms with Crippen LogP contribution in [0.4, 0.5) is 16.4 Å². The average molecular weight is 489 g/mol. The first-order valence-electron chi connectivity index (χ1n) is 10.1. The maximum absolute atomic E-state index is 13.0. The van der Waals surface area contributed by atoms with Gasteiger partial charge < -0.3 is 21.5 Å². The van der Waals surface area contributed by atoms with Crippen molar-refractivity contribution in [2.75, 3.05) is 17.2 Å². The smallest absolute Gasteiger partial charge is 0.271 e. The van der Waals surface area contributed by atoms with Gasteiger partial charge in [0.25, 0.3) is 11.5 Å². The number of aryl methyl sites for hydroxylation is 3. The lowest BCUT2D eigenvalue weighted by molar-refractivity contribution is 0.102. The Balaban J connectivity index is 1.90. The van der Waals surface area contributed by atoms with Crippen LogP contribution in [0.3, 0.4) is 0 Å². The van der Waals surface area contributed by atoms with Crippen molar-refractivity contribution in [2.45, 2.75) is 33.7 Å². The minimum absolute atomic E-state index is 0.0163. The van der Waals surface area contributed by atoms with E-state index < -0.39 is 11.6 Å². The summed E-state index contributed by atoms with van der Waals surface area (Å²) in [6.45, 7) is 6.97. The number of anilines is 3. The zero-order valence-electron chi connectivity index (χ0n) is 18.6. The second-order valence-electron chi connectivity index (χ2n) is 7.60. The number of aliphatic imine (C=N–C) groups is 1. The molecule has 3 aromatic rings. The maximum atomic E-state index is 13.0. The number of amides is 1. The minimum atomic E-state index is -0.446.